The molecule has 0 spiro atoms. The first-order valence-electron chi connectivity index (χ1n) is 21.3. The van der Waals surface area contributed by atoms with Crippen LogP contribution in [-0.2, 0) is 20.2 Å². The third-order valence-corrected chi connectivity index (χ3v) is 12.8. The van der Waals surface area contributed by atoms with Crippen molar-refractivity contribution in [1.82, 2.24) is 0 Å². The highest BCUT2D eigenvalue weighted by Gasteiger charge is 2.31. The molecule has 19 nitrogen and oxygen atoms in total. The molecule has 7 unspecified atom stereocenters. The van der Waals surface area contributed by atoms with Gasteiger partial charge in [-0.3, -0.25) is 9.11 Å². The summed E-state index contributed by atoms with van der Waals surface area (Å²) in [5.41, 5.74) is 13.4. The monoisotopic (exact) mass is 944 g/mol. The molecule has 21 heteroatoms. The molecular weight excluding hydrogens is 885 g/mol. The highest BCUT2D eigenvalue weighted by atomic mass is 32.2. The molecule has 0 fully saturated rings. The number of rotatable bonds is 20. The molecule has 3 aromatic rings. The Labute approximate surface area is 386 Å². The van der Waals surface area contributed by atoms with Gasteiger partial charge in [-0.25, -0.2) is 0 Å². The summed E-state index contributed by atoms with van der Waals surface area (Å²) >= 11 is 0. The molecule has 7 atom stereocenters. The van der Waals surface area contributed by atoms with Gasteiger partial charge in [0.15, 0.2) is 0 Å². The number of nitrogens with zero attached hydrogens (tertiary/aromatic N) is 8. The van der Waals surface area contributed by atoms with E-state index in [0.29, 0.717) is 48.5 Å². The van der Waals surface area contributed by atoms with Crippen molar-refractivity contribution in [3.8, 4) is 0 Å². The smallest absolute Gasteiger partial charge is 0.296 e. The van der Waals surface area contributed by atoms with Crippen LogP contribution in [0.5, 0.6) is 0 Å². The zero-order valence-corrected chi connectivity index (χ0v) is 39.7. The van der Waals surface area contributed by atoms with E-state index in [1.807, 2.05) is 52.8 Å². The molecule has 0 saturated carbocycles. The van der Waals surface area contributed by atoms with Gasteiger partial charge in [-0.2, -0.15) is 52.6 Å². The highest BCUT2D eigenvalue weighted by Crippen LogP contribution is 2.38. The second kappa shape index (κ2) is 22.9. The van der Waals surface area contributed by atoms with E-state index in [9.17, 15) is 31.0 Å². The Morgan fingerprint density at radius 3 is 2.09 bits per heavy atom. The molecule has 66 heavy (non-hydrogen) atoms. The first kappa shape index (κ1) is 52.6. The lowest BCUT2D eigenvalue weighted by Crippen LogP contribution is -2.25. The van der Waals surface area contributed by atoms with E-state index in [2.05, 4.69) is 40.9 Å². The number of azo groups is 3. The van der Waals surface area contributed by atoms with Gasteiger partial charge in [0, 0.05) is 58.9 Å². The van der Waals surface area contributed by atoms with Crippen LogP contribution in [0.25, 0.3) is 0 Å². The Hall–Kier alpha value is -6.00. The van der Waals surface area contributed by atoms with Gasteiger partial charge in [0.1, 0.15) is 10.6 Å². The van der Waals surface area contributed by atoms with Crippen molar-refractivity contribution < 1.29 is 31.0 Å². The standard InChI is InChI=1S/C45H60N12O7S2/c1-8-9-10-38(37(31(6)58)17-20-50-55-41-16-19-45(7,18-15-27(41)2)57-51-28(3)21-40(49)29(4)30(5)46)39-13-11-34(25-43(39)65(59,60)61)52-53-35-12-14-42(44(26-35)66(62,63)64)56-54-36-23-32(47)22-33(48)24-36/h9-15,18,20,22-29,31,37-38,46,49,58H,8,16-17,19,21,47-48H2,1-7H3,(H,59,60,61)(H,62,63,64). The largest absolute Gasteiger partial charge is 0.399 e. The van der Waals surface area contributed by atoms with Crippen molar-refractivity contribution in [3.63, 3.8) is 0 Å². The molecule has 0 radical (unpaired) electrons. The molecule has 354 valence electrons. The van der Waals surface area contributed by atoms with Crippen molar-refractivity contribution in [2.45, 2.75) is 114 Å². The van der Waals surface area contributed by atoms with Crippen molar-refractivity contribution in [2.75, 3.05) is 11.5 Å². The molecule has 1 aliphatic rings. The fraction of sp³-hybridized carbons (Fsp3) is 0.422. The van der Waals surface area contributed by atoms with Crippen molar-refractivity contribution >= 4 is 77.7 Å². The predicted octanol–water partition coefficient (Wildman–Crippen LogP) is 10.7. The number of benzene rings is 3. The number of nitrogens with one attached hydrogen (secondary N) is 2. The van der Waals surface area contributed by atoms with Crippen LogP contribution in [0.1, 0.15) is 92.1 Å². The van der Waals surface area contributed by atoms with E-state index >= 15 is 0 Å². The van der Waals surface area contributed by atoms with Gasteiger partial charge in [-0.1, -0.05) is 51.1 Å². The molecule has 0 heterocycles. The first-order chi connectivity index (χ1) is 30.9. The van der Waals surface area contributed by atoms with Gasteiger partial charge >= 0.3 is 0 Å². The summed E-state index contributed by atoms with van der Waals surface area (Å²) in [5.74, 6) is -1.65. The van der Waals surface area contributed by atoms with Crippen LogP contribution in [0.2, 0.25) is 0 Å². The average Bonchev–Trinajstić information content (AvgIpc) is 3.38. The summed E-state index contributed by atoms with van der Waals surface area (Å²) in [7, 11) is -9.71. The molecular formula is C45H60N12O7S2. The molecule has 4 rings (SSSR count). The number of allylic oxidation sites excluding steroid dienone is 3. The van der Waals surface area contributed by atoms with Gasteiger partial charge in [-0.15, -0.1) is 5.11 Å². The van der Waals surface area contributed by atoms with E-state index in [-0.39, 0.29) is 52.6 Å². The normalized spacial score (nSPS) is 20.4. The third-order valence-electron chi connectivity index (χ3n) is 11.0. The number of hydrogen-bond acceptors (Lipinski definition) is 17. The van der Waals surface area contributed by atoms with Crippen LogP contribution in [0, 0.1) is 28.6 Å². The lowest BCUT2D eigenvalue weighted by atomic mass is 9.80. The Balaban J connectivity index is 1.57. The lowest BCUT2D eigenvalue weighted by molar-refractivity contribution is 0.121. The quantitative estimate of drug-likeness (QED) is 0.0141. The van der Waals surface area contributed by atoms with E-state index < -0.39 is 53.5 Å². The SMILES string of the molecule is CCC=CC(c1ccc(N=Nc2ccc(N=Nc3cc(N)cc(N)c3)c(S(=O)(=O)O)c2)cc1S(=O)(=O)O)C(CC=NN=C1CCC(C)(N=NC(C)CC(=N)C(C)C(C)=N)C=CC1C)C(C)O. The maximum absolute atomic E-state index is 12.9. The van der Waals surface area contributed by atoms with Crippen molar-refractivity contribution in [2.24, 2.45) is 58.6 Å². The van der Waals surface area contributed by atoms with E-state index in [1.165, 1.54) is 42.5 Å². The summed E-state index contributed by atoms with van der Waals surface area (Å²) < 4.78 is 71.0. The first-order valence-corrected chi connectivity index (χ1v) is 24.2. The molecule has 0 saturated heterocycles. The Morgan fingerprint density at radius 2 is 1.50 bits per heavy atom. The number of aliphatic hydroxyl groups is 1. The molecule has 0 amide bonds. The Bertz CT molecular complexity index is 2680. The summed E-state index contributed by atoms with van der Waals surface area (Å²) in [5, 5.41) is 61.3. The maximum atomic E-state index is 12.9. The lowest BCUT2D eigenvalue weighted by Gasteiger charge is -2.28. The minimum absolute atomic E-state index is 0.0186. The van der Waals surface area contributed by atoms with E-state index in [4.69, 9.17) is 22.3 Å². The van der Waals surface area contributed by atoms with Crippen LogP contribution in [0.3, 0.4) is 0 Å². The minimum Gasteiger partial charge on any atom is -0.399 e. The van der Waals surface area contributed by atoms with E-state index in [0.717, 1.165) is 17.8 Å². The van der Waals surface area contributed by atoms with Gasteiger partial charge in [-0.05, 0) is 113 Å². The second-order valence-electron chi connectivity index (χ2n) is 16.7. The van der Waals surface area contributed by atoms with Crippen LogP contribution >= 0.6 is 0 Å². The zero-order valence-electron chi connectivity index (χ0n) is 38.1. The Morgan fingerprint density at radius 1 is 0.894 bits per heavy atom. The fourth-order valence-corrected chi connectivity index (χ4v) is 8.39. The van der Waals surface area contributed by atoms with Gasteiger partial charge in [0.25, 0.3) is 20.2 Å². The molecule has 9 N–H and O–H groups in total. The minimum atomic E-state index is -4.88. The average molecular weight is 945 g/mol. The molecule has 3 aromatic carbocycles. The maximum Gasteiger partial charge on any atom is 0.296 e. The van der Waals surface area contributed by atoms with Crippen LogP contribution < -0.4 is 11.5 Å². The van der Waals surface area contributed by atoms with Gasteiger partial charge in [0.05, 0.1) is 39.6 Å². The summed E-state index contributed by atoms with van der Waals surface area (Å²) in [6.45, 7) is 12.9. The topological polar surface area (TPSA) is 328 Å². The van der Waals surface area contributed by atoms with Crippen LogP contribution in [-0.4, -0.2) is 72.1 Å². The zero-order chi connectivity index (χ0) is 49.0. The van der Waals surface area contributed by atoms with Crippen LogP contribution in [0.4, 0.5) is 34.1 Å². The summed E-state index contributed by atoms with van der Waals surface area (Å²) in [4.78, 5) is -1.11. The third kappa shape index (κ3) is 15.3. The molecule has 1 aliphatic carbocycles. The number of hydrogen-bond donors (Lipinski definition) is 7. The van der Waals surface area contributed by atoms with Crippen molar-refractivity contribution in [3.05, 3.63) is 84.5 Å². The number of nitrogens with two attached hydrogens (primary N) is 2. The molecule has 0 aliphatic heterocycles. The number of anilines is 2. The number of aliphatic hydroxyl groups excluding tert-OH is 1. The second-order valence-corrected chi connectivity index (χ2v) is 19.5. The number of nitrogen functional groups attached to an aromatic ring is 2. The van der Waals surface area contributed by atoms with Crippen molar-refractivity contribution in [1.29, 1.82) is 10.8 Å². The Kier molecular flexibility index (Phi) is 18.3. The van der Waals surface area contributed by atoms with Gasteiger partial charge in [0.2, 0.25) is 0 Å². The van der Waals surface area contributed by atoms with E-state index in [1.54, 1.807) is 26.1 Å². The molecule has 0 bridgehead atoms. The summed E-state index contributed by atoms with van der Waals surface area (Å²) in [6, 6.07) is 11.8. The highest BCUT2D eigenvalue weighted by molar-refractivity contribution is 7.86. The summed E-state index contributed by atoms with van der Waals surface area (Å²) in [6.07, 6.45) is 10.6. The van der Waals surface area contributed by atoms with Crippen LogP contribution in [0.15, 0.2) is 130 Å². The fourth-order valence-electron chi connectivity index (χ4n) is 6.98. The van der Waals surface area contributed by atoms with Gasteiger partial charge < -0.3 is 27.4 Å². The molecule has 0 aromatic heterocycles. The predicted molar refractivity (Wildman–Crippen MR) is 259 cm³/mol.